The lowest BCUT2D eigenvalue weighted by atomic mass is 9.68. The van der Waals surface area contributed by atoms with Crippen LogP contribution in [-0.4, -0.2) is 10.7 Å². The normalized spacial score (nSPS) is 25.1. The van der Waals surface area contributed by atoms with E-state index in [9.17, 15) is 14.9 Å². The Bertz CT molecular complexity index is 951. The van der Waals surface area contributed by atoms with Crippen LogP contribution in [0.4, 0.5) is 5.69 Å². The third kappa shape index (κ3) is 5.95. The molecule has 34 heavy (non-hydrogen) atoms. The van der Waals surface area contributed by atoms with Crippen LogP contribution in [0.25, 0.3) is 0 Å². The molecule has 2 aromatic carbocycles. The first kappa shape index (κ1) is 24.6. The number of nitro groups is 1. The number of carbonyl (C=O) groups excluding carboxylic acids is 1. The van der Waals surface area contributed by atoms with Crippen molar-refractivity contribution in [3.8, 4) is 0 Å². The molecule has 0 N–H and O–H groups in total. The second-order valence-electron chi connectivity index (χ2n) is 10.6. The van der Waals surface area contributed by atoms with Crippen LogP contribution in [0.5, 0.6) is 0 Å². The first-order chi connectivity index (χ1) is 16.6. The molecule has 0 atom stereocenters. The molecule has 2 aliphatic carbocycles. The highest BCUT2D eigenvalue weighted by atomic mass is 16.6. The van der Waals surface area contributed by atoms with E-state index in [4.69, 9.17) is 0 Å². The van der Waals surface area contributed by atoms with E-state index in [2.05, 4.69) is 19.1 Å². The van der Waals surface area contributed by atoms with Gasteiger partial charge < -0.3 is 0 Å². The average Bonchev–Trinajstić information content (AvgIpc) is 2.89. The largest absolute Gasteiger partial charge is 0.288 e. The molecule has 4 rings (SSSR count). The fourth-order valence-corrected chi connectivity index (χ4v) is 6.44. The summed E-state index contributed by atoms with van der Waals surface area (Å²) in [6, 6.07) is 14.0. The lowest BCUT2D eigenvalue weighted by Gasteiger charge is -2.38. The zero-order valence-electron chi connectivity index (χ0n) is 20.6. The molecule has 182 valence electrons. The van der Waals surface area contributed by atoms with E-state index in [1.807, 2.05) is 12.1 Å². The van der Waals surface area contributed by atoms with Crippen molar-refractivity contribution in [1.82, 2.24) is 0 Å². The molecule has 2 aliphatic rings. The minimum absolute atomic E-state index is 0.134. The third-order valence-electron chi connectivity index (χ3n) is 8.54. The Morgan fingerprint density at radius 1 is 0.853 bits per heavy atom. The van der Waals surface area contributed by atoms with Gasteiger partial charge in [0.15, 0.2) is 5.78 Å². The van der Waals surface area contributed by atoms with Crippen molar-refractivity contribution >= 4 is 11.5 Å². The van der Waals surface area contributed by atoms with Crippen LogP contribution in [0, 0.1) is 27.9 Å². The highest BCUT2D eigenvalue weighted by molar-refractivity contribution is 6.11. The molecule has 2 fully saturated rings. The molecule has 0 heterocycles. The molecule has 0 unspecified atom stereocenters. The molecule has 4 nitrogen and oxygen atoms in total. The highest BCUT2D eigenvalue weighted by Gasteiger charge is 2.31. The van der Waals surface area contributed by atoms with Gasteiger partial charge in [0.1, 0.15) is 5.56 Å². The zero-order valence-corrected chi connectivity index (χ0v) is 20.6. The van der Waals surface area contributed by atoms with Gasteiger partial charge in [-0.15, -0.1) is 0 Å². The topological polar surface area (TPSA) is 60.2 Å². The van der Waals surface area contributed by atoms with Gasteiger partial charge in [-0.25, -0.2) is 0 Å². The van der Waals surface area contributed by atoms with E-state index in [-0.39, 0.29) is 17.0 Å². The monoisotopic (exact) mass is 461 g/mol. The molecule has 0 bridgehead atoms. The maximum Gasteiger partial charge on any atom is 0.280 e. The quantitative estimate of drug-likeness (QED) is 0.163. The maximum atomic E-state index is 12.9. The summed E-state index contributed by atoms with van der Waals surface area (Å²) in [5, 5.41) is 11.3. The minimum Gasteiger partial charge on any atom is -0.288 e. The number of carbonyl (C=O) groups is 1. The van der Waals surface area contributed by atoms with Crippen LogP contribution in [-0.2, 0) is 0 Å². The van der Waals surface area contributed by atoms with Gasteiger partial charge in [0, 0.05) is 11.6 Å². The van der Waals surface area contributed by atoms with Crippen molar-refractivity contribution in [2.75, 3.05) is 0 Å². The zero-order chi connectivity index (χ0) is 23.9. The summed E-state index contributed by atoms with van der Waals surface area (Å²) in [7, 11) is 0. The molecule has 2 saturated carbocycles. The molecule has 4 heteroatoms. The van der Waals surface area contributed by atoms with E-state index in [1.165, 1.54) is 94.7 Å². The number of rotatable bonds is 9. The Kier molecular flexibility index (Phi) is 8.53. The number of hydrogen-bond donors (Lipinski definition) is 0. The predicted molar refractivity (Wildman–Crippen MR) is 137 cm³/mol. The van der Waals surface area contributed by atoms with Gasteiger partial charge in [-0.3, -0.25) is 14.9 Å². The molecule has 2 aromatic rings. The van der Waals surface area contributed by atoms with Crippen molar-refractivity contribution < 1.29 is 9.72 Å². The summed E-state index contributed by atoms with van der Waals surface area (Å²) in [5.41, 5.74) is 1.84. The van der Waals surface area contributed by atoms with Gasteiger partial charge in [-0.05, 0) is 73.8 Å². The fraction of sp³-hybridized carbons (Fsp3) is 0.567. The first-order valence-corrected chi connectivity index (χ1v) is 13.4. The van der Waals surface area contributed by atoms with E-state index in [0.717, 1.165) is 17.8 Å². The Balaban J connectivity index is 1.29. The predicted octanol–water partition coefficient (Wildman–Crippen LogP) is 8.49. The van der Waals surface area contributed by atoms with E-state index in [0.29, 0.717) is 11.5 Å². The summed E-state index contributed by atoms with van der Waals surface area (Å²) < 4.78 is 0. The second kappa shape index (κ2) is 11.8. The van der Waals surface area contributed by atoms with E-state index in [1.54, 1.807) is 12.1 Å². The van der Waals surface area contributed by atoms with Gasteiger partial charge in [-0.1, -0.05) is 81.8 Å². The van der Waals surface area contributed by atoms with E-state index < -0.39 is 4.92 Å². The number of nitro benzene ring substituents is 1. The Morgan fingerprint density at radius 2 is 1.47 bits per heavy atom. The number of benzene rings is 2. The molecule has 0 saturated heterocycles. The summed E-state index contributed by atoms with van der Waals surface area (Å²) in [5.74, 6) is 3.10. The minimum atomic E-state index is -0.487. The average molecular weight is 462 g/mol. The van der Waals surface area contributed by atoms with Crippen LogP contribution in [0.3, 0.4) is 0 Å². The summed E-state index contributed by atoms with van der Waals surface area (Å²) in [6.45, 7) is 2.29. The molecular formula is C30H39NO3. The van der Waals surface area contributed by atoms with Crippen LogP contribution >= 0.6 is 0 Å². The van der Waals surface area contributed by atoms with Crippen LogP contribution in [0.2, 0.25) is 0 Å². The van der Waals surface area contributed by atoms with Crippen molar-refractivity contribution in [3.63, 3.8) is 0 Å². The summed E-state index contributed by atoms with van der Waals surface area (Å²) in [6.07, 6.45) is 16.5. The molecule has 0 spiro atoms. The van der Waals surface area contributed by atoms with Gasteiger partial charge in [0.2, 0.25) is 0 Å². The highest BCUT2D eigenvalue weighted by Crippen LogP contribution is 2.44. The van der Waals surface area contributed by atoms with Gasteiger partial charge in [0.05, 0.1) is 4.92 Å². The number of unbranched alkanes of at least 4 members (excludes halogenated alkanes) is 2. The Hall–Kier alpha value is -2.49. The van der Waals surface area contributed by atoms with Crippen molar-refractivity contribution in [2.45, 2.75) is 89.9 Å². The third-order valence-corrected chi connectivity index (χ3v) is 8.54. The molecular weight excluding hydrogens is 422 g/mol. The number of ketones is 1. The molecule has 0 aliphatic heterocycles. The summed E-state index contributed by atoms with van der Waals surface area (Å²) in [4.78, 5) is 23.7. The van der Waals surface area contributed by atoms with Gasteiger partial charge >= 0.3 is 0 Å². The summed E-state index contributed by atoms with van der Waals surface area (Å²) >= 11 is 0. The lowest BCUT2D eigenvalue weighted by Crippen LogP contribution is -2.25. The maximum absolute atomic E-state index is 12.9. The molecule has 0 radical (unpaired) electrons. The number of para-hydroxylation sites is 1. The van der Waals surface area contributed by atoms with Gasteiger partial charge in [0.25, 0.3) is 5.69 Å². The molecule has 0 amide bonds. The second-order valence-corrected chi connectivity index (χ2v) is 10.6. The smallest absolute Gasteiger partial charge is 0.280 e. The van der Waals surface area contributed by atoms with Gasteiger partial charge in [-0.2, -0.15) is 0 Å². The Morgan fingerprint density at radius 3 is 2.09 bits per heavy atom. The van der Waals surface area contributed by atoms with Crippen LogP contribution in [0.15, 0.2) is 48.5 Å². The van der Waals surface area contributed by atoms with Crippen molar-refractivity contribution in [3.05, 3.63) is 75.3 Å². The SMILES string of the molecule is CCCCCC1CCC(C2CCC(c3ccc(C(=O)c4ccccc4[N+](=O)[O-])cc3)CC2)CC1. The standard InChI is InChI=1S/C30H39NO3/c1-2-3-4-7-22-10-12-23(13-11-22)24-14-16-25(17-15-24)26-18-20-27(21-19-26)30(32)28-8-5-6-9-29(28)31(33)34/h5-6,8-9,18-25H,2-4,7,10-17H2,1H3. The Labute approximate surface area is 204 Å². The van der Waals surface area contributed by atoms with Crippen molar-refractivity contribution in [2.24, 2.45) is 17.8 Å². The van der Waals surface area contributed by atoms with Crippen LogP contribution in [0.1, 0.15) is 111 Å². The van der Waals surface area contributed by atoms with Crippen LogP contribution < -0.4 is 0 Å². The molecule has 0 aromatic heterocycles. The first-order valence-electron chi connectivity index (χ1n) is 13.4. The van der Waals surface area contributed by atoms with E-state index >= 15 is 0 Å². The number of hydrogen-bond acceptors (Lipinski definition) is 3. The lowest BCUT2D eigenvalue weighted by molar-refractivity contribution is -0.385. The number of nitrogens with zero attached hydrogens (tertiary/aromatic N) is 1. The van der Waals surface area contributed by atoms with Crippen molar-refractivity contribution in [1.29, 1.82) is 0 Å². The fourth-order valence-electron chi connectivity index (χ4n) is 6.44.